The minimum atomic E-state index is 0. The molecule has 76 valence electrons. The predicted octanol–water partition coefficient (Wildman–Crippen LogP) is 0.0480. The van der Waals surface area contributed by atoms with E-state index in [2.05, 4.69) is 32.0 Å². The van der Waals surface area contributed by atoms with Gasteiger partial charge >= 0.3 is 18.9 Å². The van der Waals surface area contributed by atoms with Gasteiger partial charge in [0.1, 0.15) is 0 Å². The topological polar surface area (TPSA) is 23.1 Å². The van der Waals surface area contributed by atoms with Crippen LogP contribution in [0.2, 0.25) is 0 Å². The summed E-state index contributed by atoms with van der Waals surface area (Å²) in [6.07, 6.45) is 0. The fourth-order valence-electron chi connectivity index (χ4n) is 1.68. The molecule has 0 atom stereocenters. The maximum absolute atomic E-state index is 11.0. The molecule has 0 unspecified atom stereocenters. The Morgan fingerprint density at radius 1 is 0.875 bits per heavy atom. The van der Waals surface area contributed by atoms with Gasteiger partial charge in [0.15, 0.2) is 0 Å². The third kappa shape index (κ3) is 2.69. The number of hydrogen-bond acceptors (Lipinski definition) is 1. The summed E-state index contributed by atoms with van der Waals surface area (Å²) in [5.74, 6) is 0.0593. The summed E-state index contributed by atoms with van der Waals surface area (Å²) in [4.78, 5) is 0. The molecule has 0 aliphatic heterocycles. The number of benzene rings is 2. The second kappa shape index (κ2) is 5.25. The summed E-state index contributed by atoms with van der Waals surface area (Å²) in [6.45, 7) is 4.16. The Kier molecular flexibility index (Phi) is 4.24. The normalized spacial score (nSPS) is 9.62. The molecule has 2 aromatic rings. The maximum Gasteiger partial charge on any atom is 1.00 e. The van der Waals surface area contributed by atoms with E-state index in [-0.39, 0.29) is 24.6 Å². The number of aryl methyl sites for hydroxylation is 2. The quantitative estimate of drug-likeness (QED) is 0.602. The average Bonchev–Trinajstić information content (AvgIpc) is 2.23. The molecule has 0 saturated carbocycles. The van der Waals surface area contributed by atoms with Crippen molar-refractivity contribution >= 4 is 0 Å². The van der Waals surface area contributed by atoms with E-state index in [0.29, 0.717) is 0 Å². The van der Waals surface area contributed by atoms with Crippen LogP contribution in [0, 0.1) is 13.8 Å². The smallest absolute Gasteiger partial charge is 0.872 e. The van der Waals surface area contributed by atoms with Crippen molar-refractivity contribution in [3.63, 3.8) is 0 Å². The zero-order valence-electron chi connectivity index (χ0n) is 9.95. The molecule has 0 heterocycles. The first-order chi connectivity index (χ1) is 7.16. The summed E-state index contributed by atoms with van der Waals surface area (Å²) >= 11 is 0. The molecule has 0 fully saturated rings. The summed E-state index contributed by atoms with van der Waals surface area (Å²) in [5.41, 5.74) is 4.78. The van der Waals surface area contributed by atoms with Gasteiger partial charge in [0.2, 0.25) is 0 Å². The molecule has 0 spiro atoms. The number of hydrogen-bond donors (Lipinski definition) is 0. The standard InChI is InChI=1S/C14H14O.Li/c1-10-3-4-11(2)14(9-10)12-5-7-13(15)8-6-12;/h3-9,15H,1-2H3;/q;+1/p-1. The molecule has 1 nitrogen and oxygen atoms in total. The Labute approximate surface area is 108 Å². The van der Waals surface area contributed by atoms with Gasteiger partial charge in [-0.05, 0) is 30.5 Å². The van der Waals surface area contributed by atoms with E-state index in [9.17, 15) is 5.11 Å². The first kappa shape index (κ1) is 12.9. The summed E-state index contributed by atoms with van der Waals surface area (Å²) in [5, 5.41) is 11.0. The molecule has 0 radical (unpaired) electrons. The molecule has 0 N–H and O–H groups in total. The fourth-order valence-corrected chi connectivity index (χ4v) is 1.68. The van der Waals surface area contributed by atoms with Crippen LogP contribution >= 0.6 is 0 Å². The van der Waals surface area contributed by atoms with Crippen molar-refractivity contribution in [2.75, 3.05) is 0 Å². The second-order valence-corrected chi connectivity index (χ2v) is 3.84. The third-order valence-corrected chi connectivity index (χ3v) is 2.56. The zero-order valence-corrected chi connectivity index (χ0v) is 9.95. The molecule has 2 heteroatoms. The maximum atomic E-state index is 11.0. The van der Waals surface area contributed by atoms with Crippen LogP contribution in [-0.2, 0) is 0 Å². The fraction of sp³-hybridized carbons (Fsp3) is 0.143. The third-order valence-electron chi connectivity index (χ3n) is 2.56. The van der Waals surface area contributed by atoms with E-state index in [1.165, 1.54) is 16.7 Å². The van der Waals surface area contributed by atoms with E-state index < -0.39 is 0 Å². The van der Waals surface area contributed by atoms with Crippen molar-refractivity contribution in [1.82, 2.24) is 0 Å². The molecular formula is C14H13LiO. The van der Waals surface area contributed by atoms with E-state index in [1.807, 2.05) is 12.1 Å². The van der Waals surface area contributed by atoms with Crippen LogP contribution in [0.1, 0.15) is 11.1 Å². The summed E-state index contributed by atoms with van der Waals surface area (Å²) in [7, 11) is 0. The minimum Gasteiger partial charge on any atom is -0.872 e. The SMILES string of the molecule is Cc1ccc(C)c(-c2ccc([O-])cc2)c1.[Li+]. The first-order valence-corrected chi connectivity index (χ1v) is 5.01. The van der Waals surface area contributed by atoms with Gasteiger partial charge in [-0.15, -0.1) is 5.75 Å². The molecule has 0 aromatic heterocycles. The van der Waals surface area contributed by atoms with E-state index in [0.717, 1.165) is 5.56 Å². The molecule has 0 amide bonds. The Morgan fingerprint density at radius 2 is 1.50 bits per heavy atom. The van der Waals surface area contributed by atoms with Crippen LogP contribution in [0.25, 0.3) is 11.1 Å². The van der Waals surface area contributed by atoms with Gasteiger partial charge < -0.3 is 5.11 Å². The first-order valence-electron chi connectivity index (χ1n) is 5.01. The largest absolute Gasteiger partial charge is 1.00 e. The minimum absolute atomic E-state index is 0. The van der Waals surface area contributed by atoms with Crippen LogP contribution in [0.4, 0.5) is 0 Å². The van der Waals surface area contributed by atoms with Gasteiger partial charge in [0.05, 0.1) is 0 Å². The van der Waals surface area contributed by atoms with Crippen LogP contribution in [0.15, 0.2) is 42.5 Å². The van der Waals surface area contributed by atoms with E-state index in [4.69, 9.17) is 0 Å². The van der Waals surface area contributed by atoms with Gasteiger partial charge in [-0.25, -0.2) is 0 Å². The molecule has 2 aromatic carbocycles. The van der Waals surface area contributed by atoms with Gasteiger partial charge in [-0.1, -0.05) is 48.0 Å². The van der Waals surface area contributed by atoms with Crippen molar-refractivity contribution in [3.8, 4) is 16.9 Å². The van der Waals surface area contributed by atoms with Gasteiger partial charge in [0, 0.05) is 0 Å². The van der Waals surface area contributed by atoms with Crippen LogP contribution in [0.5, 0.6) is 5.75 Å². The van der Waals surface area contributed by atoms with Crippen LogP contribution < -0.4 is 24.0 Å². The van der Waals surface area contributed by atoms with Crippen molar-refractivity contribution in [2.45, 2.75) is 13.8 Å². The van der Waals surface area contributed by atoms with Crippen molar-refractivity contribution in [3.05, 3.63) is 53.6 Å². The summed E-state index contributed by atoms with van der Waals surface area (Å²) < 4.78 is 0. The molecule has 16 heavy (non-hydrogen) atoms. The van der Waals surface area contributed by atoms with E-state index in [1.54, 1.807) is 12.1 Å². The van der Waals surface area contributed by atoms with Crippen molar-refractivity contribution in [2.24, 2.45) is 0 Å². The second-order valence-electron chi connectivity index (χ2n) is 3.84. The van der Waals surface area contributed by atoms with Crippen molar-refractivity contribution < 1.29 is 24.0 Å². The average molecular weight is 204 g/mol. The molecule has 0 aliphatic rings. The van der Waals surface area contributed by atoms with Gasteiger partial charge in [-0.3, -0.25) is 0 Å². The molecule has 2 rings (SSSR count). The number of rotatable bonds is 1. The zero-order chi connectivity index (χ0) is 10.8. The van der Waals surface area contributed by atoms with E-state index >= 15 is 0 Å². The Morgan fingerprint density at radius 3 is 2.12 bits per heavy atom. The molecular weight excluding hydrogens is 191 g/mol. The summed E-state index contributed by atoms with van der Waals surface area (Å²) in [6, 6.07) is 13.3. The monoisotopic (exact) mass is 204 g/mol. The predicted molar refractivity (Wildman–Crippen MR) is 60.8 cm³/mol. The van der Waals surface area contributed by atoms with Gasteiger partial charge in [0.25, 0.3) is 0 Å². The van der Waals surface area contributed by atoms with Crippen LogP contribution in [-0.4, -0.2) is 0 Å². The van der Waals surface area contributed by atoms with Crippen molar-refractivity contribution in [1.29, 1.82) is 0 Å². The van der Waals surface area contributed by atoms with Gasteiger partial charge in [-0.2, -0.15) is 0 Å². The molecule has 0 bridgehead atoms. The Balaban J connectivity index is 0.00000128. The molecule has 0 saturated heterocycles. The molecule has 0 aliphatic carbocycles. The Hall–Kier alpha value is -1.16. The van der Waals surface area contributed by atoms with Crippen LogP contribution in [0.3, 0.4) is 0 Å². The Bertz CT molecular complexity index is 475.